The first-order chi connectivity index (χ1) is 12.5. The van der Waals surface area contributed by atoms with Crippen LogP contribution in [0.1, 0.15) is 19.4 Å². The van der Waals surface area contributed by atoms with Crippen molar-refractivity contribution < 1.29 is 18.4 Å². The molecule has 3 aromatic rings. The molecular weight excluding hydrogens is 337 g/mol. The van der Waals surface area contributed by atoms with Gasteiger partial charge in [-0.15, -0.1) is 0 Å². The Morgan fingerprint density at radius 1 is 1.19 bits per heavy atom. The van der Waals surface area contributed by atoms with Gasteiger partial charge in [0.25, 0.3) is 17.7 Å². The second-order valence-electron chi connectivity index (χ2n) is 5.68. The SMILES string of the molecule is CCc1ccc(OC(C)C(=O)Nc2noc(-c3ccc(F)cc3)n2)cc1. The highest BCUT2D eigenvalue weighted by molar-refractivity contribution is 5.92. The summed E-state index contributed by atoms with van der Waals surface area (Å²) < 4.78 is 23.6. The van der Waals surface area contributed by atoms with E-state index in [1.165, 1.54) is 29.8 Å². The van der Waals surface area contributed by atoms with Crippen LogP contribution in [-0.4, -0.2) is 22.2 Å². The fourth-order valence-corrected chi connectivity index (χ4v) is 2.26. The zero-order valence-electron chi connectivity index (χ0n) is 14.4. The summed E-state index contributed by atoms with van der Waals surface area (Å²) >= 11 is 0. The Kier molecular flexibility index (Phi) is 5.26. The molecule has 0 aliphatic carbocycles. The summed E-state index contributed by atoms with van der Waals surface area (Å²) in [5, 5.41) is 6.23. The first-order valence-electron chi connectivity index (χ1n) is 8.21. The maximum Gasteiger partial charge on any atom is 0.270 e. The minimum atomic E-state index is -0.741. The first-order valence-corrected chi connectivity index (χ1v) is 8.21. The monoisotopic (exact) mass is 355 g/mol. The number of ether oxygens (including phenoxy) is 1. The Bertz CT molecular complexity index is 876. The molecule has 0 aliphatic rings. The molecule has 7 heteroatoms. The van der Waals surface area contributed by atoms with E-state index in [0.717, 1.165) is 6.42 Å². The lowest BCUT2D eigenvalue weighted by Gasteiger charge is -2.13. The van der Waals surface area contributed by atoms with Crippen LogP contribution in [0.2, 0.25) is 0 Å². The van der Waals surface area contributed by atoms with E-state index in [9.17, 15) is 9.18 Å². The van der Waals surface area contributed by atoms with Crippen LogP contribution in [0.25, 0.3) is 11.5 Å². The summed E-state index contributed by atoms with van der Waals surface area (Å²) in [5.41, 5.74) is 1.74. The van der Waals surface area contributed by atoms with E-state index in [-0.39, 0.29) is 17.7 Å². The summed E-state index contributed by atoms with van der Waals surface area (Å²) in [7, 11) is 0. The van der Waals surface area contributed by atoms with Gasteiger partial charge in [0.15, 0.2) is 6.10 Å². The lowest BCUT2D eigenvalue weighted by atomic mass is 10.2. The van der Waals surface area contributed by atoms with Crippen LogP contribution >= 0.6 is 0 Å². The Labute approximate surface area is 150 Å². The second kappa shape index (κ2) is 7.77. The highest BCUT2D eigenvalue weighted by Crippen LogP contribution is 2.19. The molecule has 1 atom stereocenters. The van der Waals surface area contributed by atoms with Crippen molar-refractivity contribution in [2.75, 3.05) is 5.32 Å². The first kappa shape index (κ1) is 17.6. The van der Waals surface area contributed by atoms with Gasteiger partial charge >= 0.3 is 0 Å². The average molecular weight is 355 g/mol. The van der Waals surface area contributed by atoms with E-state index in [0.29, 0.717) is 11.3 Å². The van der Waals surface area contributed by atoms with E-state index in [2.05, 4.69) is 22.4 Å². The van der Waals surface area contributed by atoms with Gasteiger partial charge in [-0.3, -0.25) is 10.1 Å². The molecule has 0 aliphatic heterocycles. The van der Waals surface area contributed by atoms with Crippen LogP contribution in [0.3, 0.4) is 0 Å². The number of carbonyl (C=O) groups is 1. The number of benzene rings is 2. The normalized spacial score (nSPS) is 11.8. The summed E-state index contributed by atoms with van der Waals surface area (Å²) in [4.78, 5) is 16.3. The molecule has 2 aromatic carbocycles. The lowest BCUT2D eigenvalue weighted by molar-refractivity contribution is -0.122. The average Bonchev–Trinajstić information content (AvgIpc) is 3.11. The Morgan fingerprint density at radius 3 is 2.54 bits per heavy atom. The molecule has 1 amide bonds. The van der Waals surface area contributed by atoms with Gasteiger partial charge in [0, 0.05) is 5.56 Å². The minimum Gasteiger partial charge on any atom is -0.481 e. The molecular formula is C19H18FN3O3. The van der Waals surface area contributed by atoms with Gasteiger partial charge in [-0.25, -0.2) is 4.39 Å². The smallest absolute Gasteiger partial charge is 0.270 e. The van der Waals surface area contributed by atoms with Crippen molar-refractivity contribution >= 4 is 11.9 Å². The molecule has 0 spiro atoms. The summed E-state index contributed by atoms with van der Waals surface area (Å²) in [6.45, 7) is 3.70. The van der Waals surface area contributed by atoms with Crippen LogP contribution in [0.15, 0.2) is 53.1 Å². The number of hydrogen-bond acceptors (Lipinski definition) is 5. The molecule has 0 radical (unpaired) electrons. The van der Waals surface area contributed by atoms with Gasteiger partial charge in [0.05, 0.1) is 0 Å². The van der Waals surface area contributed by atoms with Crippen molar-refractivity contribution in [1.29, 1.82) is 0 Å². The molecule has 0 saturated heterocycles. The van der Waals surface area contributed by atoms with Crippen molar-refractivity contribution in [1.82, 2.24) is 10.1 Å². The van der Waals surface area contributed by atoms with E-state index in [1.807, 2.05) is 24.3 Å². The fraction of sp³-hybridized carbons (Fsp3) is 0.211. The van der Waals surface area contributed by atoms with Crippen molar-refractivity contribution in [3.8, 4) is 17.2 Å². The molecule has 1 N–H and O–H groups in total. The number of amides is 1. The zero-order chi connectivity index (χ0) is 18.5. The topological polar surface area (TPSA) is 77.2 Å². The summed E-state index contributed by atoms with van der Waals surface area (Å²) in [6.07, 6.45) is 0.195. The van der Waals surface area contributed by atoms with Crippen LogP contribution in [0.5, 0.6) is 5.75 Å². The number of carbonyl (C=O) groups excluding carboxylic acids is 1. The standard InChI is InChI=1S/C19H18FN3O3/c1-3-13-4-10-16(11-5-13)25-12(2)17(24)21-19-22-18(26-23-19)14-6-8-15(20)9-7-14/h4-12H,3H2,1-2H3,(H,21,23,24). The molecule has 3 rings (SSSR count). The van der Waals surface area contributed by atoms with Crippen molar-refractivity contribution in [3.63, 3.8) is 0 Å². The number of aryl methyl sites for hydroxylation is 1. The molecule has 0 fully saturated rings. The van der Waals surface area contributed by atoms with Crippen LogP contribution in [-0.2, 0) is 11.2 Å². The number of anilines is 1. The number of nitrogens with one attached hydrogen (secondary N) is 1. The molecule has 1 aromatic heterocycles. The molecule has 6 nitrogen and oxygen atoms in total. The van der Waals surface area contributed by atoms with E-state index < -0.39 is 12.0 Å². The molecule has 1 unspecified atom stereocenters. The number of hydrogen-bond donors (Lipinski definition) is 1. The van der Waals surface area contributed by atoms with E-state index in [4.69, 9.17) is 9.26 Å². The molecule has 1 heterocycles. The summed E-state index contributed by atoms with van der Waals surface area (Å²) in [5.74, 6) is 0.0378. The number of halogens is 1. The van der Waals surface area contributed by atoms with Crippen LogP contribution < -0.4 is 10.1 Å². The quantitative estimate of drug-likeness (QED) is 0.727. The van der Waals surface area contributed by atoms with Gasteiger partial charge in [0.1, 0.15) is 11.6 Å². The summed E-state index contributed by atoms with van der Waals surface area (Å²) in [6, 6.07) is 13.2. The third-order valence-electron chi connectivity index (χ3n) is 3.77. The highest BCUT2D eigenvalue weighted by atomic mass is 19.1. The van der Waals surface area contributed by atoms with E-state index in [1.54, 1.807) is 6.92 Å². The van der Waals surface area contributed by atoms with Crippen molar-refractivity contribution in [3.05, 3.63) is 59.9 Å². The predicted octanol–water partition coefficient (Wildman–Crippen LogP) is 3.84. The van der Waals surface area contributed by atoms with Crippen molar-refractivity contribution in [2.45, 2.75) is 26.4 Å². The molecule has 0 saturated carbocycles. The third-order valence-corrected chi connectivity index (χ3v) is 3.77. The number of nitrogens with zero attached hydrogens (tertiary/aromatic N) is 2. The maximum absolute atomic E-state index is 13.0. The second-order valence-corrected chi connectivity index (χ2v) is 5.68. The van der Waals surface area contributed by atoms with Gasteiger partial charge in [-0.1, -0.05) is 19.1 Å². The third kappa shape index (κ3) is 4.24. The number of rotatable bonds is 6. The van der Waals surface area contributed by atoms with E-state index >= 15 is 0 Å². The van der Waals surface area contributed by atoms with Crippen LogP contribution in [0, 0.1) is 5.82 Å². The molecule has 26 heavy (non-hydrogen) atoms. The van der Waals surface area contributed by atoms with Crippen LogP contribution in [0.4, 0.5) is 10.3 Å². The minimum absolute atomic E-state index is 0.0195. The predicted molar refractivity (Wildman–Crippen MR) is 94.2 cm³/mol. The largest absolute Gasteiger partial charge is 0.481 e. The maximum atomic E-state index is 13.0. The Morgan fingerprint density at radius 2 is 1.88 bits per heavy atom. The van der Waals surface area contributed by atoms with Gasteiger partial charge < -0.3 is 9.26 Å². The van der Waals surface area contributed by atoms with Gasteiger partial charge in [-0.05, 0) is 60.5 Å². The fourth-order valence-electron chi connectivity index (χ4n) is 2.26. The molecule has 134 valence electrons. The zero-order valence-corrected chi connectivity index (χ0v) is 14.4. The Hall–Kier alpha value is -3.22. The lowest BCUT2D eigenvalue weighted by Crippen LogP contribution is -2.30. The molecule has 0 bridgehead atoms. The van der Waals surface area contributed by atoms with Crippen molar-refractivity contribution in [2.24, 2.45) is 0 Å². The number of aromatic nitrogens is 2. The van der Waals surface area contributed by atoms with Gasteiger partial charge in [-0.2, -0.15) is 4.98 Å². The highest BCUT2D eigenvalue weighted by Gasteiger charge is 2.18. The Balaban J connectivity index is 1.61. The van der Waals surface area contributed by atoms with Gasteiger partial charge in [0.2, 0.25) is 0 Å².